The first kappa shape index (κ1) is 7.92. The van der Waals surface area contributed by atoms with Crippen LogP contribution in [0, 0.1) is 0 Å². The molecule has 1 aliphatic heterocycles. The van der Waals surface area contributed by atoms with E-state index in [1.807, 2.05) is 6.20 Å². The van der Waals surface area contributed by atoms with Gasteiger partial charge in [0.1, 0.15) is 0 Å². The molecular formula is C9H9BrN2. The van der Waals surface area contributed by atoms with Gasteiger partial charge in [-0.05, 0) is 34.8 Å². The molecule has 0 N–H and O–H groups in total. The zero-order chi connectivity index (χ0) is 8.39. The van der Waals surface area contributed by atoms with Crippen LogP contribution in [0.2, 0.25) is 0 Å². The van der Waals surface area contributed by atoms with E-state index in [1.54, 1.807) is 6.20 Å². The molecule has 0 aromatic carbocycles. The van der Waals surface area contributed by atoms with Crippen molar-refractivity contribution in [2.24, 2.45) is 4.99 Å². The maximum atomic E-state index is 4.40. The van der Waals surface area contributed by atoms with Gasteiger partial charge in [-0.2, -0.15) is 0 Å². The fourth-order valence-electron chi connectivity index (χ4n) is 1.34. The molecule has 0 spiro atoms. The van der Waals surface area contributed by atoms with Crippen molar-refractivity contribution in [2.75, 3.05) is 6.54 Å². The van der Waals surface area contributed by atoms with Gasteiger partial charge in [0, 0.05) is 34.7 Å². The van der Waals surface area contributed by atoms with Gasteiger partial charge in [0.05, 0.1) is 0 Å². The van der Waals surface area contributed by atoms with Gasteiger partial charge in [-0.1, -0.05) is 0 Å². The topological polar surface area (TPSA) is 25.2 Å². The molecule has 0 radical (unpaired) electrons. The minimum absolute atomic E-state index is 0.974. The molecule has 12 heavy (non-hydrogen) atoms. The molecule has 1 aromatic rings. The minimum Gasteiger partial charge on any atom is -0.289 e. The lowest BCUT2D eigenvalue weighted by atomic mass is 10.1. The molecule has 0 saturated carbocycles. The Balaban J connectivity index is 2.33. The molecule has 1 aromatic heterocycles. The third-order valence-electron chi connectivity index (χ3n) is 1.91. The SMILES string of the molecule is Brc1cncc(C2=NCCC2)c1. The summed E-state index contributed by atoms with van der Waals surface area (Å²) in [6, 6.07) is 2.07. The standard InChI is InChI=1S/C9H9BrN2/c10-8-4-7(5-11-6-8)9-2-1-3-12-9/h4-6H,1-3H2. The Morgan fingerprint density at radius 1 is 1.33 bits per heavy atom. The predicted octanol–water partition coefficient (Wildman–Crippen LogP) is 2.43. The third kappa shape index (κ3) is 1.55. The molecule has 0 amide bonds. The van der Waals surface area contributed by atoms with Gasteiger partial charge in [0.25, 0.3) is 0 Å². The Kier molecular flexibility index (Phi) is 2.21. The summed E-state index contributed by atoms with van der Waals surface area (Å²) in [6.45, 7) is 0.974. The molecule has 0 fully saturated rings. The van der Waals surface area contributed by atoms with Crippen LogP contribution in [0.3, 0.4) is 0 Å². The molecule has 0 unspecified atom stereocenters. The number of pyridine rings is 1. The fourth-order valence-corrected chi connectivity index (χ4v) is 1.71. The van der Waals surface area contributed by atoms with E-state index in [0.29, 0.717) is 0 Å². The lowest BCUT2D eigenvalue weighted by Gasteiger charge is -1.98. The smallest absolute Gasteiger partial charge is 0.0437 e. The lowest BCUT2D eigenvalue weighted by molar-refractivity contribution is 0.951. The van der Waals surface area contributed by atoms with Crippen LogP contribution < -0.4 is 0 Å². The van der Waals surface area contributed by atoms with E-state index in [2.05, 4.69) is 32.0 Å². The monoisotopic (exact) mass is 224 g/mol. The largest absolute Gasteiger partial charge is 0.289 e. The second-order valence-electron chi connectivity index (χ2n) is 2.82. The second kappa shape index (κ2) is 3.35. The molecule has 2 nitrogen and oxygen atoms in total. The molecule has 0 aliphatic carbocycles. The minimum atomic E-state index is 0.974. The fraction of sp³-hybridized carbons (Fsp3) is 0.333. The number of aromatic nitrogens is 1. The Labute approximate surface area is 79.9 Å². The number of aliphatic imine (C=N–C) groups is 1. The van der Waals surface area contributed by atoms with Gasteiger partial charge in [0.15, 0.2) is 0 Å². The van der Waals surface area contributed by atoms with Crippen molar-refractivity contribution < 1.29 is 0 Å². The molecule has 0 bridgehead atoms. The van der Waals surface area contributed by atoms with Crippen molar-refractivity contribution in [1.82, 2.24) is 4.98 Å². The number of rotatable bonds is 1. The van der Waals surface area contributed by atoms with Crippen molar-refractivity contribution in [3.05, 3.63) is 28.5 Å². The predicted molar refractivity (Wildman–Crippen MR) is 52.6 cm³/mol. The molecule has 3 heteroatoms. The van der Waals surface area contributed by atoms with E-state index in [-0.39, 0.29) is 0 Å². The van der Waals surface area contributed by atoms with Crippen LogP contribution in [0.5, 0.6) is 0 Å². The van der Waals surface area contributed by atoms with Crippen LogP contribution >= 0.6 is 15.9 Å². The maximum Gasteiger partial charge on any atom is 0.0437 e. The summed E-state index contributed by atoms with van der Waals surface area (Å²) in [5.74, 6) is 0. The second-order valence-corrected chi connectivity index (χ2v) is 3.74. The van der Waals surface area contributed by atoms with E-state index in [4.69, 9.17) is 0 Å². The zero-order valence-electron chi connectivity index (χ0n) is 6.63. The van der Waals surface area contributed by atoms with E-state index < -0.39 is 0 Å². The van der Waals surface area contributed by atoms with Crippen molar-refractivity contribution >= 4 is 21.6 Å². The van der Waals surface area contributed by atoms with Crippen LogP contribution in [0.15, 0.2) is 27.9 Å². The van der Waals surface area contributed by atoms with Gasteiger partial charge in [-0.15, -0.1) is 0 Å². The van der Waals surface area contributed by atoms with Crippen LogP contribution in [-0.4, -0.2) is 17.2 Å². The van der Waals surface area contributed by atoms with Crippen LogP contribution in [0.25, 0.3) is 0 Å². The molecule has 2 rings (SSSR count). The van der Waals surface area contributed by atoms with Crippen LogP contribution in [0.1, 0.15) is 18.4 Å². The highest BCUT2D eigenvalue weighted by Crippen LogP contribution is 2.15. The summed E-state index contributed by atoms with van der Waals surface area (Å²) in [5.41, 5.74) is 2.35. The molecule has 0 saturated heterocycles. The molecule has 1 aliphatic rings. The van der Waals surface area contributed by atoms with Gasteiger partial charge in [-0.3, -0.25) is 9.98 Å². The number of halogens is 1. The summed E-state index contributed by atoms with van der Waals surface area (Å²) < 4.78 is 1.02. The molecule has 2 heterocycles. The maximum absolute atomic E-state index is 4.40. The van der Waals surface area contributed by atoms with Gasteiger partial charge in [0.2, 0.25) is 0 Å². The molecule has 0 atom stereocenters. The number of nitrogens with zero attached hydrogens (tertiary/aromatic N) is 2. The van der Waals surface area contributed by atoms with Crippen molar-refractivity contribution in [1.29, 1.82) is 0 Å². The third-order valence-corrected chi connectivity index (χ3v) is 2.35. The van der Waals surface area contributed by atoms with Crippen LogP contribution in [-0.2, 0) is 0 Å². The van der Waals surface area contributed by atoms with Crippen LogP contribution in [0.4, 0.5) is 0 Å². The van der Waals surface area contributed by atoms with Crippen molar-refractivity contribution in [3.63, 3.8) is 0 Å². The van der Waals surface area contributed by atoms with Crippen molar-refractivity contribution in [2.45, 2.75) is 12.8 Å². The van der Waals surface area contributed by atoms with Crippen molar-refractivity contribution in [3.8, 4) is 0 Å². The highest BCUT2D eigenvalue weighted by Gasteiger charge is 2.08. The zero-order valence-corrected chi connectivity index (χ0v) is 8.21. The van der Waals surface area contributed by atoms with Gasteiger partial charge >= 0.3 is 0 Å². The first-order valence-electron chi connectivity index (χ1n) is 4.00. The quantitative estimate of drug-likeness (QED) is 0.720. The first-order valence-corrected chi connectivity index (χ1v) is 4.80. The Hall–Kier alpha value is -0.700. The van der Waals surface area contributed by atoms with E-state index in [1.165, 1.54) is 12.1 Å². The highest BCUT2D eigenvalue weighted by molar-refractivity contribution is 9.10. The lowest BCUT2D eigenvalue weighted by Crippen LogP contribution is -1.96. The molecule has 62 valence electrons. The summed E-state index contributed by atoms with van der Waals surface area (Å²) >= 11 is 3.39. The number of hydrogen-bond acceptors (Lipinski definition) is 2. The normalized spacial score (nSPS) is 16.2. The Morgan fingerprint density at radius 2 is 2.25 bits per heavy atom. The number of hydrogen-bond donors (Lipinski definition) is 0. The Morgan fingerprint density at radius 3 is 2.92 bits per heavy atom. The van der Waals surface area contributed by atoms with E-state index in [0.717, 1.165) is 23.0 Å². The van der Waals surface area contributed by atoms with Gasteiger partial charge in [-0.25, -0.2) is 0 Å². The van der Waals surface area contributed by atoms with Gasteiger partial charge < -0.3 is 0 Å². The summed E-state index contributed by atoms with van der Waals surface area (Å²) in [6.07, 6.45) is 5.94. The van der Waals surface area contributed by atoms with E-state index in [9.17, 15) is 0 Å². The average molecular weight is 225 g/mol. The highest BCUT2D eigenvalue weighted by atomic mass is 79.9. The average Bonchev–Trinajstić information content (AvgIpc) is 2.56. The Bertz CT molecular complexity index is 320. The first-order chi connectivity index (χ1) is 5.86. The molecular weight excluding hydrogens is 216 g/mol. The summed E-state index contributed by atoms with van der Waals surface area (Å²) in [7, 11) is 0. The van der Waals surface area contributed by atoms with E-state index >= 15 is 0 Å². The summed E-state index contributed by atoms with van der Waals surface area (Å²) in [5, 5.41) is 0. The summed E-state index contributed by atoms with van der Waals surface area (Å²) in [4.78, 5) is 8.50.